The van der Waals surface area contributed by atoms with Gasteiger partial charge in [-0.05, 0) is 79.6 Å². The van der Waals surface area contributed by atoms with Gasteiger partial charge in [0.05, 0.1) is 12.3 Å². The molecule has 1 N–H and O–H groups in total. The third kappa shape index (κ3) is 4.42. The molecule has 1 aliphatic carbocycles. The zero-order valence-electron chi connectivity index (χ0n) is 19.6. The first-order valence-corrected chi connectivity index (χ1v) is 11.7. The van der Waals surface area contributed by atoms with Crippen molar-refractivity contribution in [2.24, 2.45) is 11.3 Å². The minimum absolute atomic E-state index is 0.0131. The molecule has 2 aliphatic rings. The van der Waals surface area contributed by atoms with Gasteiger partial charge in [-0.1, -0.05) is 0 Å². The molecule has 0 spiro atoms. The Kier molecular flexibility index (Phi) is 5.96. The smallest absolute Gasteiger partial charge is 0.270 e. The van der Waals surface area contributed by atoms with Crippen LogP contribution in [-0.2, 0) is 11.3 Å². The summed E-state index contributed by atoms with van der Waals surface area (Å²) in [6.07, 6.45) is 4.73. The van der Waals surface area contributed by atoms with Crippen molar-refractivity contribution in [2.45, 2.75) is 32.7 Å². The minimum atomic E-state index is -0.980. The number of aromatic nitrogens is 2. The van der Waals surface area contributed by atoms with E-state index >= 15 is 0 Å². The number of nitriles is 1. The molecule has 3 heterocycles. The number of aryl methyl sites for hydroxylation is 1. The first-order valence-electron chi connectivity index (χ1n) is 11.7. The van der Waals surface area contributed by atoms with E-state index < -0.39 is 23.0 Å². The van der Waals surface area contributed by atoms with Crippen LogP contribution in [0, 0.1) is 41.2 Å². The number of anilines is 1. The molecule has 1 saturated heterocycles. The molecule has 1 saturated carbocycles. The van der Waals surface area contributed by atoms with Gasteiger partial charge >= 0.3 is 0 Å². The molecule has 36 heavy (non-hydrogen) atoms. The molecular weight excluding hydrogens is 464 g/mol. The maximum absolute atomic E-state index is 14.2. The maximum Gasteiger partial charge on any atom is 0.270 e. The van der Waals surface area contributed by atoms with Gasteiger partial charge < -0.3 is 10.2 Å². The highest BCUT2D eigenvalue weighted by Gasteiger charge is 2.56. The fraction of sp³-hybridized carbons (Fsp3) is 0.296. The maximum atomic E-state index is 14.2. The first-order chi connectivity index (χ1) is 17.3. The fourth-order valence-electron chi connectivity index (χ4n) is 4.82. The van der Waals surface area contributed by atoms with Crippen molar-refractivity contribution in [3.05, 3.63) is 77.4 Å². The summed E-state index contributed by atoms with van der Waals surface area (Å²) in [5.74, 6) is -1.66. The molecule has 2 fully saturated rings. The van der Waals surface area contributed by atoms with Gasteiger partial charge in [0.25, 0.3) is 5.91 Å². The molecule has 3 aromatic rings. The molecule has 5 rings (SSSR count). The third-order valence-corrected chi connectivity index (χ3v) is 6.76. The lowest BCUT2D eigenvalue weighted by molar-refractivity contribution is -0.123. The van der Waals surface area contributed by atoms with Crippen LogP contribution >= 0.6 is 0 Å². The normalized spacial score (nSPS) is 19.3. The lowest BCUT2D eigenvalue weighted by Gasteiger charge is -2.21. The van der Waals surface area contributed by atoms with Crippen LogP contribution in [0.2, 0.25) is 0 Å². The van der Waals surface area contributed by atoms with Crippen LogP contribution in [0.3, 0.4) is 0 Å². The molecule has 7 nitrogen and oxygen atoms in total. The van der Waals surface area contributed by atoms with Crippen molar-refractivity contribution >= 4 is 17.5 Å². The number of hydrogen-bond acceptors (Lipinski definition) is 5. The second-order valence-electron chi connectivity index (χ2n) is 9.34. The highest BCUT2D eigenvalue weighted by molar-refractivity contribution is 6.03. The monoisotopic (exact) mass is 487 g/mol. The largest absolute Gasteiger partial charge is 0.347 e. The summed E-state index contributed by atoms with van der Waals surface area (Å²) in [6, 6.07) is 11.0. The van der Waals surface area contributed by atoms with Crippen molar-refractivity contribution in [3.8, 4) is 17.2 Å². The third-order valence-electron chi connectivity index (χ3n) is 6.76. The van der Waals surface area contributed by atoms with E-state index in [1.807, 2.05) is 0 Å². The van der Waals surface area contributed by atoms with E-state index in [0.29, 0.717) is 41.0 Å². The molecule has 0 radical (unpaired) electrons. The molecule has 9 heteroatoms. The van der Waals surface area contributed by atoms with Crippen LogP contribution in [0.1, 0.15) is 41.0 Å². The van der Waals surface area contributed by atoms with E-state index in [1.165, 1.54) is 30.5 Å². The molecule has 1 aliphatic heterocycles. The Morgan fingerprint density at radius 3 is 2.64 bits per heavy atom. The van der Waals surface area contributed by atoms with E-state index in [0.717, 1.165) is 19.0 Å². The number of halogens is 2. The number of amides is 2. The number of rotatable bonds is 6. The van der Waals surface area contributed by atoms with Crippen molar-refractivity contribution in [1.82, 2.24) is 15.3 Å². The van der Waals surface area contributed by atoms with E-state index in [4.69, 9.17) is 0 Å². The summed E-state index contributed by atoms with van der Waals surface area (Å²) < 4.78 is 27.8. The zero-order chi connectivity index (χ0) is 25.4. The zero-order valence-corrected chi connectivity index (χ0v) is 19.6. The number of nitrogens with one attached hydrogen (secondary N) is 1. The van der Waals surface area contributed by atoms with Gasteiger partial charge in [0, 0.05) is 36.2 Å². The summed E-state index contributed by atoms with van der Waals surface area (Å²) in [4.78, 5) is 35.7. The first kappa shape index (κ1) is 23.5. The molecule has 1 atom stereocenters. The average Bonchev–Trinajstić information content (AvgIpc) is 3.65. The molecule has 2 amide bonds. The molecule has 2 aromatic heterocycles. The topological polar surface area (TPSA) is 99.0 Å². The van der Waals surface area contributed by atoms with Gasteiger partial charge in [-0.3, -0.25) is 14.6 Å². The van der Waals surface area contributed by atoms with Crippen LogP contribution in [0.25, 0.3) is 11.1 Å². The number of hydrogen-bond donors (Lipinski definition) is 1. The predicted octanol–water partition coefficient (Wildman–Crippen LogP) is 4.32. The van der Waals surface area contributed by atoms with Gasteiger partial charge in [-0.15, -0.1) is 0 Å². The van der Waals surface area contributed by atoms with Crippen LogP contribution in [0.5, 0.6) is 0 Å². The number of pyridine rings is 2. The van der Waals surface area contributed by atoms with Crippen molar-refractivity contribution in [1.29, 1.82) is 5.26 Å². The number of carbonyl (C=O) groups is 2. The predicted molar refractivity (Wildman–Crippen MR) is 127 cm³/mol. The lowest BCUT2D eigenvalue weighted by atomic mass is 9.83. The van der Waals surface area contributed by atoms with E-state index in [9.17, 15) is 23.6 Å². The number of carbonyl (C=O) groups excluding carboxylic acids is 2. The van der Waals surface area contributed by atoms with Crippen LogP contribution in [0.4, 0.5) is 14.5 Å². The van der Waals surface area contributed by atoms with Gasteiger partial charge in [0.15, 0.2) is 0 Å². The summed E-state index contributed by atoms with van der Waals surface area (Å²) in [5, 5.41) is 12.5. The van der Waals surface area contributed by atoms with Crippen LogP contribution < -0.4 is 10.2 Å². The van der Waals surface area contributed by atoms with E-state index in [1.54, 1.807) is 24.0 Å². The SMILES string of the molecule is Cc1cc(N2CC[C@@](C#N)(C3CC3)C2=O)cc(C(=O)NCc2cc(F)cc(-c3cncc(F)c3)c2)n1. The minimum Gasteiger partial charge on any atom is -0.347 e. The van der Waals surface area contributed by atoms with Crippen molar-refractivity contribution in [2.75, 3.05) is 11.4 Å². The van der Waals surface area contributed by atoms with Gasteiger partial charge in [-0.2, -0.15) is 5.26 Å². The van der Waals surface area contributed by atoms with Gasteiger partial charge in [-0.25, -0.2) is 13.8 Å². The summed E-state index contributed by atoms with van der Waals surface area (Å²) in [7, 11) is 0. The van der Waals surface area contributed by atoms with Crippen LogP contribution in [-0.4, -0.2) is 28.3 Å². The Labute approximate surface area is 206 Å². The highest BCUT2D eigenvalue weighted by Crippen LogP contribution is 2.51. The van der Waals surface area contributed by atoms with Gasteiger partial charge in [0.2, 0.25) is 5.91 Å². The second kappa shape index (κ2) is 9.11. The quantitative estimate of drug-likeness (QED) is 0.559. The van der Waals surface area contributed by atoms with E-state index in [-0.39, 0.29) is 24.1 Å². The van der Waals surface area contributed by atoms with Gasteiger partial charge in [0.1, 0.15) is 22.7 Å². The number of nitrogens with zero attached hydrogens (tertiary/aromatic N) is 4. The Bertz CT molecular complexity index is 1420. The Balaban J connectivity index is 1.33. The average molecular weight is 488 g/mol. The molecule has 182 valence electrons. The molecule has 0 unspecified atom stereocenters. The summed E-state index contributed by atoms with van der Waals surface area (Å²) in [6.45, 7) is 2.15. The molecular formula is C27H23F2N5O2. The van der Waals surface area contributed by atoms with Crippen molar-refractivity contribution in [3.63, 3.8) is 0 Å². The lowest BCUT2D eigenvalue weighted by Crippen LogP contribution is -2.35. The standard InChI is InChI=1S/C27H23F2N5O2/c1-16-6-23(34-5-4-27(15-30,26(34)36)20-2-3-20)11-24(33-16)25(35)32-12-17-7-18(9-21(28)8-17)19-10-22(29)14-31-13-19/h6-11,13-14,20H,2-5,12H2,1H3,(H,32,35)/t27-/m1/s1. The Morgan fingerprint density at radius 1 is 1.14 bits per heavy atom. The summed E-state index contributed by atoms with van der Waals surface area (Å²) in [5.41, 5.74) is 1.55. The highest BCUT2D eigenvalue weighted by atomic mass is 19.1. The fourth-order valence-corrected chi connectivity index (χ4v) is 4.82. The van der Waals surface area contributed by atoms with Crippen molar-refractivity contribution < 1.29 is 18.4 Å². The van der Waals surface area contributed by atoms with E-state index in [2.05, 4.69) is 21.4 Å². The Hall–Kier alpha value is -4.19. The molecule has 1 aromatic carbocycles. The summed E-state index contributed by atoms with van der Waals surface area (Å²) >= 11 is 0. The molecule has 0 bridgehead atoms. The van der Waals surface area contributed by atoms with Crippen LogP contribution in [0.15, 0.2) is 48.8 Å². The second-order valence-corrected chi connectivity index (χ2v) is 9.34. The Morgan fingerprint density at radius 2 is 1.92 bits per heavy atom. The number of benzene rings is 1.